The maximum absolute atomic E-state index is 12.1. The molecule has 0 heterocycles. The molecule has 20 heavy (non-hydrogen) atoms. The average molecular weight is 288 g/mol. The summed E-state index contributed by atoms with van der Waals surface area (Å²) in [6.45, 7) is 3.98. The third kappa shape index (κ3) is 3.62. The van der Waals surface area contributed by atoms with Crippen molar-refractivity contribution in [2.45, 2.75) is 0 Å². The fourth-order valence-electron chi connectivity index (χ4n) is 1.64. The van der Waals surface area contributed by atoms with E-state index in [1.807, 2.05) is 12.1 Å². The summed E-state index contributed by atoms with van der Waals surface area (Å²) in [5.74, 6) is 0.388. The SMILES string of the molecule is C=CCOc1cccc(C(=O)Nc2ccccc2Cl)c1. The predicted molar refractivity (Wildman–Crippen MR) is 81.5 cm³/mol. The van der Waals surface area contributed by atoms with Gasteiger partial charge in [0.25, 0.3) is 5.91 Å². The molecule has 0 fully saturated rings. The third-order valence-corrected chi connectivity index (χ3v) is 2.92. The number of para-hydroxylation sites is 1. The zero-order valence-corrected chi connectivity index (χ0v) is 11.6. The number of nitrogens with one attached hydrogen (secondary N) is 1. The van der Waals surface area contributed by atoms with Crippen LogP contribution in [0.15, 0.2) is 61.2 Å². The van der Waals surface area contributed by atoms with Gasteiger partial charge in [0.2, 0.25) is 0 Å². The number of amides is 1. The molecule has 0 atom stereocenters. The molecule has 2 rings (SSSR count). The van der Waals surface area contributed by atoms with Crippen molar-refractivity contribution in [2.24, 2.45) is 0 Å². The van der Waals surface area contributed by atoms with Crippen molar-refractivity contribution in [3.05, 3.63) is 71.8 Å². The number of halogens is 1. The number of carbonyl (C=O) groups is 1. The van der Waals surface area contributed by atoms with E-state index in [0.717, 1.165) is 0 Å². The number of anilines is 1. The second-order valence-electron chi connectivity index (χ2n) is 4.06. The lowest BCUT2D eigenvalue weighted by molar-refractivity contribution is 0.102. The molecule has 0 aliphatic carbocycles. The Labute approximate surface area is 122 Å². The van der Waals surface area contributed by atoms with E-state index in [1.54, 1.807) is 42.5 Å². The van der Waals surface area contributed by atoms with Crippen LogP contribution in [0.1, 0.15) is 10.4 Å². The molecule has 0 bridgehead atoms. The lowest BCUT2D eigenvalue weighted by atomic mass is 10.2. The molecular weight excluding hydrogens is 274 g/mol. The molecule has 2 aromatic rings. The first-order valence-corrected chi connectivity index (χ1v) is 6.48. The van der Waals surface area contributed by atoms with Crippen molar-refractivity contribution in [3.63, 3.8) is 0 Å². The van der Waals surface area contributed by atoms with Crippen LogP contribution >= 0.6 is 11.6 Å². The Morgan fingerprint density at radius 2 is 2.05 bits per heavy atom. The molecule has 0 unspecified atom stereocenters. The summed E-state index contributed by atoms with van der Waals surface area (Å²) in [5.41, 5.74) is 1.09. The Balaban J connectivity index is 2.13. The monoisotopic (exact) mass is 287 g/mol. The largest absolute Gasteiger partial charge is 0.490 e. The van der Waals surface area contributed by atoms with Crippen molar-refractivity contribution in [2.75, 3.05) is 11.9 Å². The van der Waals surface area contributed by atoms with Crippen LogP contribution in [0.2, 0.25) is 5.02 Å². The van der Waals surface area contributed by atoms with Crippen molar-refractivity contribution >= 4 is 23.2 Å². The van der Waals surface area contributed by atoms with E-state index >= 15 is 0 Å². The summed E-state index contributed by atoms with van der Waals surface area (Å²) < 4.78 is 5.40. The van der Waals surface area contributed by atoms with E-state index in [4.69, 9.17) is 16.3 Å². The molecule has 0 saturated carbocycles. The normalized spacial score (nSPS) is 9.85. The van der Waals surface area contributed by atoms with E-state index in [2.05, 4.69) is 11.9 Å². The zero-order chi connectivity index (χ0) is 14.4. The molecule has 0 saturated heterocycles. The van der Waals surface area contributed by atoms with Crippen molar-refractivity contribution in [1.29, 1.82) is 0 Å². The van der Waals surface area contributed by atoms with Crippen LogP contribution in [0.4, 0.5) is 5.69 Å². The summed E-state index contributed by atoms with van der Waals surface area (Å²) in [4.78, 5) is 12.1. The number of benzene rings is 2. The molecule has 3 nitrogen and oxygen atoms in total. The van der Waals surface area contributed by atoms with Gasteiger partial charge in [0.1, 0.15) is 12.4 Å². The Hall–Kier alpha value is -2.26. The molecule has 102 valence electrons. The first-order chi connectivity index (χ1) is 9.70. The minimum Gasteiger partial charge on any atom is -0.490 e. The molecule has 1 amide bonds. The second kappa shape index (κ2) is 6.78. The maximum atomic E-state index is 12.1. The fraction of sp³-hybridized carbons (Fsp3) is 0.0625. The summed E-state index contributed by atoms with van der Waals surface area (Å²) in [5, 5.41) is 3.26. The van der Waals surface area contributed by atoms with Crippen LogP contribution in [0, 0.1) is 0 Å². The average Bonchev–Trinajstić information content (AvgIpc) is 2.48. The predicted octanol–water partition coefficient (Wildman–Crippen LogP) is 4.16. The highest BCUT2D eigenvalue weighted by atomic mass is 35.5. The third-order valence-electron chi connectivity index (χ3n) is 2.59. The smallest absolute Gasteiger partial charge is 0.255 e. The quantitative estimate of drug-likeness (QED) is 0.839. The van der Waals surface area contributed by atoms with Crippen LogP contribution in [0.5, 0.6) is 5.75 Å². The minimum absolute atomic E-state index is 0.234. The second-order valence-corrected chi connectivity index (χ2v) is 4.47. The topological polar surface area (TPSA) is 38.3 Å². The van der Waals surface area contributed by atoms with Crippen LogP contribution < -0.4 is 10.1 Å². The molecule has 2 aromatic carbocycles. The first kappa shape index (κ1) is 14.2. The summed E-state index contributed by atoms with van der Waals surface area (Å²) >= 11 is 6.01. The molecular formula is C16H14ClNO2. The minimum atomic E-state index is -0.234. The highest BCUT2D eigenvalue weighted by Crippen LogP contribution is 2.22. The van der Waals surface area contributed by atoms with Gasteiger partial charge in [0.15, 0.2) is 0 Å². The summed E-state index contributed by atoms with van der Waals surface area (Å²) in [6.07, 6.45) is 1.65. The van der Waals surface area contributed by atoms with Crippen molar-refractivity contribution < 1.29 is 9.53 Å². The Morgan fingerprint density at radius 3 is 2.80 bits per heavy atom. The molecule has 4 heteroatoms. The van der Waals surface area contributed by atoms with Gasteiger partial charge in [0.05, 0.1) is 10.7 Å². The number of hydrogen-bond donors (Lipinski definition) is 1. The summed E-state index contributed by atoms with van der Waals surface area (Å²) in [6, 6.07) is 14.0. The Bertz CT molecular complexity index is 625. The van der Waals surface area contributed by atoms with Gasteiger partial charge in [-0.05, 0) is 30.3 Å². The summed E-state index contributed by atoms with van der Waals surface area (Å²) in [7, 11) is 0. The van der Waals surface area contributed by atoms with E-state index < -0.39 is 0 Å². The highest BCUT2D eigenvalue weighted by molar-refractivity contribution is 6.33. The van der Waals surface area contributed by atoms with Crippen LogP contribution in [0.25, 0.3) is 0 Å². The standard InChI is InChI=1S/C16H14ClNO2/c1-2-10-20-13-7-5-6-12(11-13)16(19)18-15-9-4-3-8-14(15)17/h2-9,11H,1,10H2,(H,18,19). The number of hydrogen-bond acceptors (Lipinski definition) is 2. The molecule has 1 N–H and O–H groups in total. The van der Waals surface area contributed by atoms with Crippen LogP contribution in [-0.4, -0.2) is 12.5 Å². The van der Waals surface area contributed by atoms with E-state index in [1.165, 1.54) is 0 Å². The van der Waals surface area contributed by atoms with Gasteiger partial charge < -0.3 is 10.1 Å². The van der Waals surface area contributed by atoms with Crippen LogP contribution in [0.3, 0.4) is 0 Å². The number of carbonyl (C=O) groups excluding carboxylic acids is 1. The Morgan fingerprint density at radius 1 is 1.25 bits per heavy atom. The van der Waals surface area contributed by atoms with E-state index in [-0.39, 0.29) is 5.91 Å². The maximum Gasteiger partial charge on any atom is 0.255 e. The van der Waals surface area contributed by atoms with Gasteiger partial charge in [0, 0.05) is 5.56 Å². The number of ether oxygens (including phenoxy) is 1. The number of rotatable bonds is 5. The zero-order valence-electron chi connectivity index (χ0n) is 10.8. The van der Waals surface area contributed by atoms with Gasteiger partial charge >= 0.3 is 0 Å². The van der Waals surface area contributed by atoms with Gasteiger partial charge in [-0.15, -0.1) is 0 Å². The first-order valence-electron chi connectivity index (χ1n) is 6.10. The van der Waals surface area contributed by atoms with Crippen molar-refractivity contribution in [3.8, 4) is 5.75 Å². The molecule has 0 radical (unpaired) electrons. The van der Waals surface area contributed by atoms with Gasteiger partial charge in [-0.3, -0.25) is 4.79 Å². The van der Waals surface area contributed by atoms with Crippen molar-refractivity contribution in [1.82, 2.24) is 0 Å². The molecule has 0 aliphatic heterocycles. The van der Waals surface area contributed by atoms with E-state index in [0.29, 0.717) is 28.6 Å². The highest BCUT2D eigenvalue weighted by Gasteiger charge is 2.08. The van der Waals surface area contributed by atoms with Gasteiger partial charge in [-0.25, -0.2) is 0 Å². The molecule has 0 aromatic heterocycles. The lowest BCUT2D eigenvalue weighted by Crippen LogP contribution is -2.12. The fourth-order valence-corrected chi connectivity index (χ4v) is 1.82. The van der Waals surface area contributed by atoms with Gasteiger partial charge in [-0.1, -0.05) is 42.5 Å². The Kier molecular flexibility index (Phi) is 4.80. The van der Waals surface area contributed by atoms with Crippen LogP contribution in [-0.2, 0) is 0 Å². The van der Waals surface area contributed by atoms with Gasteiger partial charge in [-0.2, -0.15) is 0 Å². The molecule has 0 spiro atoms. The molecule has 0 aliphatic rings. The lowest BCUT2D eigenvalue weighted by Gasteiger charge is -2.08. The van der Waals surface area contributed by atoms with E-state index in [9.17, 15) is 4.79 Å².